The van der Waals surface area contributed by atoms with Gasteiger partial charge in [-0.1, -0.05) is 0 Å². The van der Waals surface area contributed by atoms with Crippen molar-refractivity contribution in [2.24, 2.45) is 18.9 Å². The molecule has 3 aliphatic rings. The number of benzene rings is 1. The van der Waals surface area contributed by atoms with Crippen LogP contribution >= 0.6 is 0 Å². The molecule has 0 spiro atoms. The molecule has 4 heteroatoms. The average molecular weight is 381 g/mol. The molecule has 28 heavy (non-hydrogen) atoms. The van der Waals surface area contributed by atoms with Crippen LogP contribution in [-0.4, -0.2) is 41.7 Å². The number of amides is 1. The molecule has 1 aromatic carbocycles. The van der Waals surface area contributed by atoms with Gasteiger partial charge in [-0.3, -0.25) is 4.79 Å². The molecule has 1 atom stereocenters. The van der Waals surface area contributed by atoms with Crippen LogP contribution in [0.2, 0.25) is 0 Å². The minimum Gasteiger partial charge on any atom is -0.381 e. The van der Waals surface area contributed by atoms with Gasteiger partial charge in [0.15, 0.2) is 0 Å². The van der Waals surface area contributed by atoms with Gasteiger partial charge in [-0.25, -0.2) is 0 Å². The molecule has 4 nitrogen and oxygen atoms in total. The standard InChI is InChI=1S/C24H32N2O2/c1-25-22-7-5-18(17-9-13-28-14-10-17)15-20(22)21-16-19(6-8-23(21)25)24(27)26-11-3-2-4-12-26/h6,8,16-18H,2-5,7,9-15H2,1H3. The maximum Gasteiger partial charge on any atom is 0.253 e. The molecule has 150 valence electrons. The molecule has 1 amide bonds. The summed E-state index contributed by atoms with van der Waals surface area (Å²) in [4.78, 5) is 15.1. The quantitative estimate of drug-likeness (QED) is 0.777. The van der Waals surface area contributed by atoms with Crippen LogP contribution in [-0.2, 0) is 24.6 Å². The largest absolute Gasteiger partial charge is 0.381 e. The van der Waals surface area contributed by atoms with Crippen molar-refractivity contribution in [1.82, 2.24) is 9.47 Å². The zero-order chi connectivity index (χ0) is 19.1. The predicted molar refractivity (Wildman–Crippen MR) is 112 cm³/mol. The lowest BCUT2D eigenvalue weighted by molar-refractivity contribution is 0.0439. The number of rotatable bonds is 2. The van der Waals surface area contributed by atoms with Crippen molar-refractivity contribution >= 4 is 16.8 Å². The van der Waals surface area contributed by atoms with E-state index in [0.29, 0.717) is 0 Å². The highest BCUT2D eigenvalue weighted by Crippen LogP contribution is 2.39. The summed E-state index contributed by atoms with van der Waals surface area (Å²) in [7, 11) is 2.20. The second-order valence-electron chi connectivity index (χ2n) is 9.02. The summed E-state index contributed by atoms with van der Waals surface area (Å²) in [6.07, 6.45) is 9.58. The first-order valence-electron chi connectivity index (χ1n) is 11.2. The number of fused-ring (bicyclic) bond motifs is 3. The number of carbonyl (C=O) groups is 1. The number of nitrogens with zero attached hydrogens (tertiary/aromatic N) is 2. The van der Waals surface area contributed by atoms with Crippen molar-refractivity contribution in [2.75, 3.05) is 26.3 Å². The lowest BCUT2D eigenvalue weighted by atomic mass is 9.75. The van der Waals surface area contributed by atoms with Gasteiger partial charge in [0, 0.05) is 55.5 Å². The van der Waals surface area contributed by atoms with Gasteiger partial charge in [0.1, 0.15) is 0 Å². The first kappa shape index (κ1) is 18.2. The highest BCUT2D eigenvalue weighted by molar-refractivity contribution is 5.99. The molecule has 0 bridgehead atoms. The Morgan fingerprint density at radius 3 is 2.61 bits per heavy atom. The van der Waals surface area contributed by atoms with Crippen molar-refractivity contribution in [3.8, 4) is 0 Å². The molecule has 1 unspecified atom stereocenters. The van der Waals surface area contributed by atoms with Crippen molar-refractivity contribution in [3.05, 3.63) is 35.0 Å². The van der Waals surface area contributed by atoms with Crippen LogP contribution in [0.4, 0.5) is 0 Å². The summed E-state index contributed by atoms with van der Waals surface area (Å²) in [5.74, 6) is 1.79. The smallest absolute Gasteiger partial charge is 0.253 e. The van der Waals surface area contributed by atoms with Crippen LogP contribution in [0.1, 0.15) is 60.1 Å². The molecule has 1 aromatic heterocycles. The maximum absolute atomic E-state index is 13.0. The van der Waals surface area contributed by atoms with Crippen molar-refractivity contribution in [1.29, 1.82) is 0 Å². The van der Waals surface area contributed by atoms with E-state index in [1.165, 1.54) is 54.3 Å². The molecule has 2 aliphatic heterocycles. The summed E-state index contributed by atoms with van der Waals surface area (Å²) in [5.41, 5.74) is 5.15. The fourth-order valence-electron chi connectivity index (χ4n) is 5.81. The third-order valence-corrected chi connectivity index (χ3v) is 7.48. The lowest BCUT2D eigenvalue weighted by Crippen LogP contribution is -2.35. The molecular formula is C24H32N2O2. The van der Waals surface area contributed by atoms with Crippen LogP contribution in [0.3, 0.4) is 0 Å². The van der Waals surface area contributed by atoms with E-state index in [2.05, 4.69) is 23.7 Å². The van der Waals surface area contributed by atoms with Gasteiger partial charge < -0.3 is 14.2 Å². The Morgan fingerprint density at radius 2 is 1.82 bits per heavy atom. The molecule has 5 rings (SSSR count). The summed E-state index contributed by atoms with van der Waals surface area (Å²) >= 11 is 0. The van der Waals surface area contributed by atoms with Crippen molar-refractivity contribution in [3.63, 3.8) is 0 Å². The highest BCUT2D eigenvalue weighted by atomic mass is 16.5. The van der Waals surface area contributed by atoms with Gasteiger partial charge >= 0.3 is 0 Å². The molecule has 1 aliphatic carbocycles. The second kappa shape index (κ2) is 7.55. The molecule has 0 N–H and O–H groups in total. The SMILES string of the molecule is Cn1c2c(c3cc(C(=O)N4CCCCC4)ccc31)CC(C1CCOCC1)CC2. The van der Waals surface area contributed by atoms with Crippen molar-refractivity contribution < 1.29 is 9.53 Å². The Labute approximate surface area is 167 Å². The van der Waals surface area contributed by atoms with Gasteiger partial charge in [0.25, 0.3) is 5.91 Å². The van der Waals surface area contributed by atoms with Crippen LogP contribution < -0.4 is 0 Å². The van der Waals surface area contributed by atoms with Gasteiger partial charge in [-0.15, -0.1) is 0 Å². The lowest BCUT2D eigenvalue weighted by Gasteiger charge is -2.33. The topological polar surface area (TPSA) is 34.5 Å². The van der Waals surface area contributed by atoms with Crippen LogP contribution in [0, 0.1) is 11.8 Å². The van der Waals surface area contributed by atoms with Gasteiger partial charge in [-0.2, -0.15) is 0 Å². The number of carbonyl (C=O) groups excluding carboxylic acids is 1. The minimum absolute atomic E-state index is 0.219. The van der Waals surface area contributed by atoms with Crippen LogP contribution in [0.15, 0.2) is 18.2 Å². The number of piperidine rings is 1. The monoisotopic (exact) mass is 380 g/mol. The van der Waals surface area contributed by atoms with E-state index in [0.717, 1.165) is 63.0 Å². The molecule has 0 radical (unpaired) electrons. The number of hydrogen-bond donors (Lipinski definition) is 0. The number of hydrogen-bond acceptors (Lipinski definition) is 2. The summed E-state index contributed by atoms with van der Waals surface area (Å²) in [6.45, 7) is 3.68. The van der Waals surface area contributed by atoms with E-state index in [1.807, 2.05) is 11.0 Å². The maximum atomic E-state index is 13.0. The van der Waals surface area contributed by atoms with Crippen molar-refractivity contribution in [2.45, 2.75) is 51.4 Å². The summed E-state index contributed by atoms with van der Waals surface area (Å²) < 4.78 is 7.96. The number of likely N-dealkylation sites (tertiary alicyclic amines) is 1. The van der Waals surface area contributed by atoms with E-state index in [4.69, 9.17) is 4.74 Å². The fraction of sp³-hybridized carbons (Fsp3) is 0.625. The third-order valence-electron chi connectivity index (χ3n) is 7.48. The number of aryl methyl sites for hydroxylation is 1. The molecule has 0 saturated carbocycles. The average Bonchev–Trinajstić information content (AvgIpc) is 3.05. The van der Waals surface area contributed by atoms with E-state index in [-0.39, 0.29) is 5.91 Å². The first-order valence-corrected chi connectivity index (χ1v) is 11.2. The Balaban J connectivity index is 1.47. The first-order chi connectivity index (χ1) is 13.7. The zero-order valence-electron chi connectivity index (χ0n) is 17.1. The van der Waals surface area contributed by atoms with Crippen LogP contribution in [0.5, 0.6) is 0 Å². The minimum atomic E-state index is 0.219. The molecule has 3 heterocycles. The summed E-state index contributed by atoms with van der Waals surface area (Å²) in [5, 5.41) is 1.32. The molecule has 2 saturated heterocycles. The normalized spacial score (nSPS) is 23.8. The number of ether oxygens (including phenoxy) is 1. The third kappa shape index (κ3) is 3.16. The Kier molecular flexibility index (Phi) is 4.92. The molecule has 2 aromatic rings. The predicted octanol–water partition coefficient (Wildman–Crippen LogP) is 4.34. The van der Waals surface area contributed by atoms with E-state index in [1.54, 1.807) is 0 Å². The van der Waals surface area contributed by atoms with E-state index in [9.17, 15) is 4.79 Å². The molecule has 2 fully saturated rings. The highest BCUT2D eigenvalue weighted by Gasteiger charge is 2.31. The van der Waals surface area contributed by atoms with E-state index < -0.39 is 0 Å². The Hall–Kier alpha value is -1.81. The number of aromatic nitrogens is 1. The van der Waals surface area contributed by atoms with Gasteiger partial charge in [0.05, 0.1) is 0 Å². The second-order valence-corrected chi connectivity index (χ2v) is 9.02. The fourth-order valence-corrected chi connectivity index (χ4v) is 5.81. The van der Waals surface area contributed by atoms with E-state index >= 15 is 0 Å². The Bertz CT molecular complexity index is 872. The van der Waals surface area contributed by atoms with Gasteiger partial charge in [-0.05, 0) is 87.0 Å². The molecular weight excluding hydrogens is 348 g/mol. The zero-order valence-corrected chi connectivity index (χ0v) is 17.1. The van der Waals surface area contributed by atoms with Gasteiger partial charge in [0.2, 0.25) is 0 Å². The van der Waals surface area contributed by atoms with Crippen LogP contribution in [0.25, 0.3) is 10.9 Å². The summed E-state index contributed by atoms with van der Waals surface area (Å²) in [6, 6.07) is 6.41. The Morgan fingerprint density at radius 1 is 1.04 bits per heavy atom.